The van der Waals surface area contributed by atoms with Crippen LogP contribution in [0.1, 0.15) is 100 Å². The molecule has 0 heterocycles. The second-order valence-electron chi connectivity index (χ2n) is 13.6. The number of hydrogen-bond donors (Lipinski definition) is 0. The highest BCUT2D eigenvalue weighted by atomic mass is 16.6. The summed E-state index contributed by atoms with van der Waals surface area (Å²) >= 11 is 0. The standard InChI is InChI=1S/C32H48O5/c1-19(2)20(3)9-10-21(4)26-11-12-27-25-14-16-32(37-23(6)34)17-24(36-22(5)33)13-15-31(32,8)29(25)28(35)18-30(26,27)7/h9-10,14,19-21,24,26-27,29H,11-13,15-18H2,1-8H3/b10-9+/t20-,21+,24+,26-,27-,29-,30-,31+,32+/m0/s1. The van der Waals surface area contributed by atoms with Crippen LogP contribution in [-0.2, 0) is 23.9 Å². The van der Waals surface area contributed by atoms with Gasteiger partial charge in [-0.3, -0.25) is 14.4 Å². The summed E-state index contributed by atoms with van der Waals surface area (Å²) in [5, 5.41) is 0. The Morgan fingerprint density at radius 2 is 1.73 bits per heavy atom. The van der Waals surface area contributed by atoms with Crippen LogP contribution in [0.15, 0.2) is 23.8 Å². The first-order valence-electron chi connectivity index (χ1n) is 14.5. The van der Waals surface area contributed by atoms with Gasteiger partial charge in [-0.2, -0.15) is 0 Å². The number of carbonyl (C=O) groups is 3. The Kier molecular flexibility index (Phi) is 7.60. The number of allylic oxidation sites excluding steroid dienone is 3. The lowest BCUT2D eigenvalue weighted by Crippen LogP contribution is -2.63. The molecule has 5 nitrogen and oxygen atoms in total. The third-order valence-electron chi connectivity index (χ3n) is 11.0. The zero-order valence-corrected chi connectivity index (χ0v) is 24.3. The summed E-state index contributed by atoms with van der Waals surface area (Å²) in [7, 11) is 0. The summed E-state index contributed by atoms with van der Waals surface area (Å²) in [4.78, 5) is 38.2. The second kappa shape index (κ2) is 10.0. The van der Waals surface area contributed by atoms with Crippen molar-refractivity contribution in [2.24, 2.45) is 46.3 Å². The molecule has 4 aliphatic carbocycles. The van der Waals surface area contributed by atoms with Gasteiger partial charge < -0.3 is 9.47 Å². The lowest BCUT2D eigenvalue weighted by Gasteiger charge is -2.61. The van der Waals surface area contributed by atoms with Crippen molar-refractivity contribution in [2.75, 3.05) is 0 Å². The first kappa shape index (κ1) is 28.1. The van der Waals surface area contributed by atoms with E-state index in [1.54, 1.807) is 0 Å². The van der Waals surface area contributed by atoms with E-state index < -0.39 is 11.0 Å². The number of ether oxygens (including phenoxy) is 2. The lowest BCUT2D eigenvalue weighted by atomic mass is 9.45. The highest BCUT2D eigenvalue weighted by molar-refractivity contribution is 5.88. The van der Waals surface area contributed by atoms with E-state index in [2.05, 4.69) is 59.8 Å². The average molecular weight is 513 g/mol. The minimum atomic E-state index is -0.824. The van der Waals surface area contributed by atoms with Crippen molar-refractivity contribution in [1.82, 2.24) is 0 Å². The Hall–Kier alpha value is -1.91. The fourth-order valence-electron chi connectivity index (χ4n) is 8.69. The zero-order chi connectivity index (χ0) is 27.3. The molecule has 206 valence electrons. The fourth-order valence-corrected chi connectivity index (χ4v) is 8.69. The zero-order valence-electron chi connectivity index (χ0n) is 24.3. The number of carbonyl (C=O) groups excluding carboxylic acids is 3. The van der Waals surface area contributed by atoms with E-state index >= 15 is 0 Å². The second-order valence-corrected chi connectivity index (χ2v) is 13.6. The van der Waals surface area contributed by atoms with Crippen molar-refractivity contribution < 1.29 is 23.9 Å². The van der Waals surface area contributed by atoms with E-state index in [9.17, 15) is 14.4 Å². The van der Waals surface area contributed by atoms with Gasteiger partial charge in [-0.15, -0.1) is 0 Å². The molecule has 0 aromatic heterocycles. The van der Waals surface area contributed by atoms with Gasteiger partial charge in [-0.1, -0.05) is 65.3 Å². The van der Waals surface area contributed by atoms with E-state index in [1.165, 1.54) is 19.4 Å². The van der Waals surface area contributed by atoms with E-state index in [0.717, 1.165) is 12.8 Å². The predicted octanol–water partition coefficient (Wildman–Crippen LogP) is 6.85. The monoisotopic (exact) mass is 512 g/mol. The summed E-state index contributed by atoms with van der Waals surface area (Å²) in [6, 6.07) is 0. The van der Waals surface area contributed by atoms with Gasteiger partial charge in [0.1, 0.15) is 17.5 Å². The average Bonchev–Trinajstić information content (AvgIpc) is 3.13. The first-order valence-corrected chi connectivity index (χ1v) is 14.5. The number of hydrogen-bond acceptors (Lipinski definition) is 5. The number of ketones is 1. The summed E-state index contributed by atoms with van der Waals surface area (Å²) in [5.41, 5.74) is -0.0647. The fraction of sp³-hybridized carbons (Fsp3) is 0.781. The third-order valence-corrected chi connectivity index (χ3v) is 11.0. The van der Waals surface area contributed by atoms with E-state index in [0.29, 0.717) is 67.5 Å². The summed E-state index contributed by atoms with van der Waals surface area (Å²) in [6.45, 7) is 16.5. The Morgan fingerprint density at radius 1 is 1.03 bits per heavy atom. The molecule has 0 aliphatic heterocycles. The third kappa shape index (κ3) is 4.74. The predicted molar refractivity (Wildman–Crippen MR) is 144 cm³/mol. The smallest absolute Gasteiger partial charge is 0.303 e. The lowest BCUT2D eigenvalue weighted by molar-refractivity contribution is -0.209. The molecule has 0 bridgehead atoms. The molecular weight excluding hydrogens is 464 g/mol. The van der Waals surface area contributed by atoms with Gasteiger partial charge in [0, 0.05) is 44.4 Å². The van der Waals surface area contributed by atoms with Gasteiger partial charge in [0.2, 0.25) is 0 Å². The van der Waals surface area contributed by atoms with E-state index in [-0.39, 0.29) is 29.4 Å². The van der Waals surface area contributed by atoms with Crippen LogP contribution in [0.25, 0.3) is 0 Å². The highest BCUT2D eigenvalue weighted by Crippen LogP contribution is 2.67. The molecule has 0 aromatic rings. The maximum absolute atomic E-state index is 14.2. The quantitative estimate of drug-likeness (QED) is 0.288. The van der Waals surface area contributed by atoms with Crippen LogP contribution in [0, 0.1) is 46.3 Å². The highest BCUT2D eigenvalue weighted by Gasteiger charge is 2.67. The molecule has 0 amide bonds. The van der Waals surface area contributed by atoms with Crippen LogP contribution in [0.4, 0.5) is 0 Å². The number of Topliss-reactive ketones (excluding diaryl/α,β-unsaturated/α-hetero) is 1. The van der Waals surface area contributed by atoms with E-state index in [1.807, 2.05) is 0 Å². The first-order chi connectivity index (χ1) is 17.2. The Balaban J connectivity index is 1.67. The van der Waals surface area contributed by atoms with Gasteiger partial charge >= 0.3 is 11.9 Å². The van der Waals surface area contributed by atoms with Crippen LogP contribution in [0.3, 0.4) is 0 Å². The van der Waals surface area contributed by atoms with Crippen molar-refractivity contribution in [3.8, 4) is 0 Å². The molecule has 5 heteroatoms. The Morgan fingerprint density at radius 3 is 2.35 bits per heavy atom. The molecule has 0 saturated heterocycles. The molecule has 0 N–H and O–H groups in total. The van der Waals surface area contributed by atoms with Crippen LogP contribution in [0.2, 0.25) is 0 Å². The molecule has 3 fully saturated rings. The van der Waals surface area contributed by atoms with Crippen LogP contribution >= 0.6 is 0 Å². The molecule has 4 rings (SSSR count). The summed E-state index contributed by atoms with van der Waals surface area (Å²) in [6.07, 6.45) is 12.0. The van der Waals surface area contributed by atoms with Crippen molar-refractivity contribution in [3.05, 3.63) is 23.8 Å². The molecule has 3 saturated carbocycles. The van der Waals surface area contributed by atoms with Gasteiger partial charge in [0.15, 0.2) is 0 Å². The molecule has 0 spiro atoms. The van der Waals surface area contributed by atoms with Crippen molar-refractivity contribution in [3.63, 3.8) is 0 Å². The largest absolute Gasteiger partial charge is 0.462 e. The van der Waals surface area contributed by atoms with Crippen LogP contribution in [-0.4, -0.2) is 29.4 Å². The molecule has 0 radical (unpaired) electrons. The van der Waals surface area contributed by atoms with Crippen molar-refractivity contribution >= 4 is 17.7 Å². The molecule has 9 atom stereocenters. The van der Waals surface area contributed by atoms with Gasteiger partial charge in [0.25, 0.3) is 0 Å². The van der Waals surface area contributed by atoms with Gasteiger partial charge in [-0.25, -0.2) is 0 Å². The maximum atomic E-state index is 14.2. The number of fused-ring (bicyclic) bond motifs is 5. The van der Waals surface area contributed by atoms with Crippen molar-refractivity contribution in [1.29, 1.82) is 0 Å². The topological polar surface area (TPSA) is 69.7 Å². The SMILES string of the molecule is CC(=O)O[C@@H]1CC[C@]2(C)[C@@H]3C(=O)C[C@]4(C)[C@@H](CC[C@H]4[C@H](C)/C=C/[C@H](C)C(C)C)C3=CC[C@@]2(OC(C)=O)C1. The molecule has 0 unspecified atom stereocenters. The van der Waals surface area contributed by atoms with Crippen LogP contribution < -0.4 is 0 Å². The molecule has 0 aromatic carbocycles. The van der Waals surface area contributed by atoms with Crippen LogP contribution in [0.5, 0.6) is 0 Å². The molecule has 37 heavy (non-hydrogen) atoms. The molecule has 4 aliphatic rings. The maximum Gasteiger partial charge on any atom is 0.303 e. The van der Waals surface area contributed by atoms with Gasteiger partial charge in [-0.05, 0) is 60.7 Å². The minimum Gasteiger partial charge on any atom is -0.462 e. The van der Waals surface area contributed by atoms with Gasteiger partial charge in [0.05, 0.1) is 0 Å². The van der Waals surface area contributed by atoms with E-state index in [4.69, 9.17) is 9.47 Å². The Labute approximate surface area is 223 Å². The normalized spacial score (nSPS) is 40.9. The number of rotatable bonds is 6. The summed E-state index contributed by atoms with van der Waals surface area (Å²) in [5.74, 6) is 1.87. The minimum absolute atomic E-state index is 0.0447. The van der Waals surface area contributed by atoms with Crippen molar-refractivity contribution in [2.45, 2.75) is 112 Å². The summed E-state index contributed by atoms with van der Waals surface area (Å²) < 4.78 is 11.7. The number of esters is 2. The Bertz CT molecular complexity index is 993. The molecular formula is C32H48O5.